The van der Waals surface area contributed by atoms with Crippen LogP contribution in [0.4, 0.5) is 0 Å². The van der Waals surface area contributed by atoms with Crippen molar-refractivity contribution in [2.24, 2.45) is 0 Å². The third kappa shape index (κ3) is 5.81. The predicted molar refractivity (Wildman–Crippen MR) is 130 cm³/mol. The number of hydrogen-bond acceptors (Lipinski definition) is 6. The van der Waals surface area contributed by atoms with Crippen LogP contribution < -0.4 is 10.2 Å². The Labute approximate surface area is 202 Å². The van der Waals surface area contributed by atoms with Crippen molar-refractivity contribution in [3.8, 4) is 5.75 Å². The number of carboxylic acids is 1. The van der Waals surface area contributed by atoms with Crippen LogP contribution in [-0.4, -0.2) is 60.6 Å². The third-order valence-electron chi connectivity index (χ3n) is 6.82. The third-order valence-corrected chi connectivity index (χ3v) is 6.82. The lowest BCUT2D eigenvalue weighted by Gasteiger charge is -2.32. The first-order chi connectivity index (χ1) is 16.1. The zero-order valence-corrected chi connectivity index (χ0v) is 20.5. The van der Waals surface area contributed by atoms with Gasteiger partial charge in [-0.2, -0.15) is 0 Å². The first kappa shape index (κ1) is 24.7. The monoisotopic (exact) mass is 467 g/mol. The van der Waals surface area contributed by atoms with Gasteiger partial charge in [-0.05, 0) is 50.4 Å². The largest absolute Gasteiger partial charge is 0.494 e. The Kier molecular flexibility index (Phi) is 7.33. The number of para-hydroxylation sites is 1. The van der Waals surface area contributed by atoms with Gasteiger partial charge in [-0.1, -0.05) is 36.4 Å². The summed E-state index contributed by atoms with van der Waals surface area (Å²) in [5.74, 6) is -0.299. The first-order valence-corrected chi connectivity index (χ1v) is 11.8. The maximum absolute atomic E-state index is 11.2. The van der Waals surface area contributed by atoms with Crippen molar-refractivity contribution in [2.75, 3.05) is 26.3 Å². The van der Waals surface area contributed by atoms with Crippen molar-refractivity contribution in [1.82, 2.24) is 4.90 Å². The fourth-order valence-corrected chi connectivity index (χ4v) is 4.21. The summed E-state index contributed by atoms with van der Waals surface area (Å²) in [7, 11) is -0.465. The number of aliphatic carboxylic acids is 1. The smallest absolute Gasteiger partial charge is 0.489 e. The zero-order valence-electron chi connectivity index (χ0n) is 20.5. The van der Waals surface area contributed by atoms with Crippen LogP contribution in [0.5, 0.6) is 5.75 Å². The molecule has 0 atom stereocenters. The summed E-state index contributed by atoms with van der Waals surface area (Å²) in [6.45, 7) is 12.6. The van der Waals surface area contributed by atoms with Gasteiger partial charge in [0.25, 0.3) is 0 Å². The molecule has 0 saturated carbocycles. The Bertz CT molecular complexity index is 1000. The fourth-order valence-electron chi connectivity index (χ4n) is 4.21. The number of carboxylic acid groups (broad SMARTS) is 1. The Balaban J connectivity index is 1.58. The first-order valence-electron chi connectivity index (χ1n) is 11.8. The molecular weight excluding hydrogens is 433 g/mol. The Morgan fingerprint density at radius 1 is 1.03 bits per heavy atom. The zero-order chi connectivity index (χ0) is 24.3. The van der Waals surface area contributed by atoms with Gasteiger partial charge in [-0.25, -0.2) is 0 Å². The van der Waals surface area contributed by atoms with Crippen LogP contribution in [0.1, 0.15) is 44.4 Å². The van der Waals surface area contributed by atoms with E-state index in [2.05, 4.69) is 23.1 Å². The maximum atomic E-state index is 11.2. The minimum absolute atomic E-state index is 0.0770. The predicted octanol–water partition coefficient (Wildman–Crippen LogP) is 3.02. The molecule has 2 aliphatic heterocycles. The van der Waals surface area contributed by atoms with E-state index in [-0.39, 0.29) is 6.42 Å². The number of nitrogens with zero attached hydrogens (tertiary/aromatic N) is 1. The Morgan fingerprint density at radius 2 is 1.68 bits per heavy atom. The molecule has 0 radical (unpaired) electrons. The molecule has 7 nitrogen and oxygen atoms in total. The Hall–Kier alpha value is -2.39. The van der Waals surface area contributed by atoms with E-state index >= 15 is 0 Å². The van der Waals surface area contributed by atoms with E-state index in [1.54, 1.807) is 6.07 Å². The highest BCUT2D eigenvalue weighted by molar-refractivity contribution is 6.62. The van der Waals surface area contributed by atoms with E-state index in [4.69, 9.17) is 18.8 Å². The summed E-state index contributed by atoms with van der Waals surface area (Å²) >= 11 is 0. The molecule has 2 aliphatic rings. The quantitative estimate of drug-likeness (QED) is 0.598. The summed E-state index contributed by atoms with van der Waals surface area (Å²) in [4.78, 5) is 13.6. The molecule has 2 heterocycles. The highest BCUT2D eigenvalue weighted by atomic mass is 16.7. The minimum Gasteiger partial charge on any atom is -0.489 e. The highest BCUT2D eigenvalue weighted by Crippen LogP contribution is 2.36. The van der Waals surface area contributed by atoms with Crippen molar-refractivity contribution in [2.45, 2.75) is 58.5 Å². The molecule has 0 aliphatic carbocycles. The number of benzene rings is 2. The summed E-state index contributed by atoms with van der Waals surface area (Å²) < 4.78 is 24.2. The molecule has 34 heavy (non-hydrogen) atoms. The van der Waals surface area contributed by atoms with Crippen LogP contribution in [0, 0.1) is 0 Å². The minimum atomic E-state index is -0.883. The van der Waals surface area contributed by atoms with Crippen molar-refractivity contribution < 1.29 is 28.7 Å². The lowest BCUT2D eigenvalue weighted by Crippen LogP contribution is -2.41. The van der Waals surface area contributed by atoms with Crippen molar-refractivity contribution in [3.63, 3.8) is 0 Å². The number of ether oxygens (including phenoxy) is 2. The van der Waals surface area contributed by atoms with Crippen LogP contribution >= 0.6 is 0 Å². The van der Waals surface area contributed by atoms with Crippen LogP contribution in [0.15, 0.2) is 42.5 Å². The number of hydrogen-bond donors (Lipinski definition) is 1. The molecule has 0 aromatic heterocycles. The molecule has 4 rings (SSSR count). The van der Waals surface area contributed by atoms with Gasteiger partial charge in [0.2, 0.25) is 0 Å². The summed E-state index contributed by atoms with van der Waals surface area (Å²) in [5, 5.41) is 9.21. The van der Waals surface area contributed by atoms with E-state index in [9.17, 15) is 9.90 Å². The maximum Gasteiger partial charge on any atom is 0.494 e. The van der Waals surface area contributed by atoms with Crippen LogP contribution in [0.25, 0.3) is 0 Å². The molecule has 0 bridgehead atoms. The average Bonchev–Trinajstić information content (AvgIpc) is 3.00. The number of rotatable bonds is 8. The highest BCUT2D eigenvalue weighted by Gasteiger charge is 2.51. The van der Waals surface area contributed by atoms with Crippen LogP contribution in [-0.2, 0) is 38.4 Å². The summed E-state index contributed by atoms with van der Waals surface area (Å²) in [6, 6.07) is 13.6. The molecule has 2 aromatic rings. The molecule has 2 fully saturated rings. The molecule has 0 unspecified atom stereocenters. The number of carbonyl (C=O) groups is 1. The van der Waals surface area contributed by atoms with Gasteiger partial charge in [-0.15, -0.1) is 0 Å². The van der Waals surface area contributed by atoms with Gasteiger partial charge >= 0.3 is 13.1 Å². The van der Waals surface area contributed by atoms with Gasteiger partial charge in [-0.3, -0.25) is 9.69 Å². The van der Waals surface area contributed by atoms with E-state index in [0.717, 1.165) is 49.4 Å². The summed E-state index contributed by atoms with van der Waals surface area (Å²) in [5.41, 5.74) is 2.91. The normalized spacial score (nSPS) is 19.8. The molecule has 182 valence electrons. The molecule has 0 spiro atoms. The molecule has 0 amide bonds. The van der Waals surface area contributed by atoms with Gasteiger partial charge < -0.3 is 23.9 Å². The van der Waals surface area contributed by atoms with E-state index < -0.39 is 24.3 Å². The van der Waals surface area contributed by atoms with Crippen molar-refractivity contribution in [3.05, 3.63) is 59.2 Å². The molecular formula is C26H34BNO6. The van der Waals surface area contributed by atoms with Crippen molar-refractivity contribution in [1.29, 1.82) is 0 Å². The molecule has 2 saturated heterocycles. The SMILES string of the molecule is CC1(C)OB(c2cc(COc3ccccc3CC(=O)O)cc(CN3CCOCC3)c2)OC1(C)C. The van der Waals surface area contributed by atoms with Gasteiger partial charge in [0.1, 0.15) is 12.4 Å². The molecule has 2 aromatic carbocycles. The van der Waals surface area contributed by atoms with E-state index in [1.807, 2.05) is 45.9 Å². The second-order valence-corrected chi connectivity index (χ2v) is 10.0. The van der Waals surface area contributed by atoms with E-state index in [0.29, 0.717) is 17.9 Å². The van der Waals surface area contributed by atoms with Gasteiger partial charge in [0.15, 0.2) is 0 Å². The van der Waals surface area contributed by atoms with Gasteiger partial charge in [0, 0.05) is 25.2 Å². The fraction of sp³-hybridized carbons (Fsp3) is 0.500. The average molecular weight is 467 g/mol. The Morgan fingerprint density at radius 3 is 2.35 bits per heavy atom. The number of morpholine rings is 1. The standard InChI is InChI=1S/C26H34BNO6/c1-25(2)26(3,4)34-27(33-25)22-14-19(17-28-9-11-31-12-10-28)13-20(15-22)18-32-23-8-6-5-7-21(23)16-24(29)30/h5-8,13-15H,9-12,16-18H2,1-4H3,(H,29,30). The van der Waals surface area contributed by atoms with Crippen LogP contribution in [0.3, 0.4) is 0 Å². The van der Waals surface area contributed by atoms with E-state index in [1.165, 1.54) is 0 Å². The van der Waals surface area contributed by atoms with Crippen molar-refractivity contribution >= 4 is 18.6 Å². The lowest BCUT2D eigenvalue weighted by molar-refractivity contribution is -0.136. The molecule has 1 N–H and O–H groups in total. The topological polar surface area (TPSA) is 77.5 Å². The second-order valence-electron chi connectivity index (χ2n) is 10.0. The van der Waals surface area contributed by atoms with Crippen LogP contribution in [0.2, 0.25) is 0 Å². The second kappa shape index (κ2) is 10.1. The van der Waals surface area contributed by atoms with Gasteiger partial charge in [0.05, 0.1) is 30.8 Å². The lowest BCUT2D eigenvalue weighted by atomic mass is 9.77. The molecule has 8 heteroatoms. The summed E-state index contributed by atoms with van der Waals surface area (Å²) in [6.07, 6.45) is -0.0770.